The Balaban J connectivity index is 1.71. The van der Waals surface area contributed by atoms with Crippen molar-refractivity contribution in [3.63, 3.8) is 0 Å². The van der Waals surface area contributed by atoms with E-state index in [9.17, 15) is 26.7 Å². The van der Waals surface area contributed by atoms with Crippen LogP contribution in [-0.2, 0) is 30.4 Å². The fraction of sp³-hybridized carbons (Fsp3) is 0.421. The summed E-state index contributed by atoms with van der Waals surface area (Å²) in [5, 5.41) is 0. The van der Waals surface area contributed by atoms with Crippen molar-refractivity contribution in [3.05, 3.63) is 52.5 Å². The maximum Gasteiger partial charge on any atom is 0.451 e. The second-order valence-electron chi connectivity index (χ2n) is 6.95. The van der Waals surface area contributed by atoms with Gasteiger partial charge in [-0.2, -0.15) is 18.2 Å². The van der Waals surface area contributed by atoms with Crippen molar-refractivity contribution in [2.24, 2.45) is 5.73 Å². The molecule has 162 valence electrons. The molecular formula is C19H19F5N4O2. The quantitative estimate of drug-likeness (QED) is 0.738. The zero-order valence-electron chi connectivity index (χ0n) is 16.0. The van der Waals surface area contributed by atoms with E-state index in [4.69, 9.17) is 10.5 Å². The second kappa shape index (κ2) is 8.50. The smallest absolute Gasteiger partial charge is 0.451 e. The molecule has 0 bridgehead atoms. The number of alkyl halides is 3. The Labute approximate surface area is 168 Å². The van der Waals surface area contributed by atoms with Gasteiger partial charge in [-0.1, -0.05) is 0 Å². The highest BCUT2D eigenvalue weighted by Crippen LogP contribution is 2.32. The number of nitrogens with zero attached hydrogens (tertiary/aromatic N) is 3. The van der Waals surface area contributed by atoms with Crippen molar-refractivity contribution < 1.29 is 31.5 Å². The SMILES string of the molecule is COc1nc(C(F)(F)F)nc2c1CCN(C(=O)C[C@H](N)Cc1cc(F)ccc1F)C2. The molecule has 0 spiro atoms. The van der Waals surface area contributed by atoms with Gasteiger partial charge in [-0.3, -0.25) is 4.79 Å². The summed E-state index contributed by atoms with van der Waals surface area (Å²) in [6.45, 7) is 0.0646. The van der Waals surface area contributed by atoms with Gasteiger partial charge in [-0.25, -0.2) is 13.8 Å². The van der Waals surface area contributed by atoms with E-state index in [-0.39, 0.29) is 49.5 Å². The van der Waals surface area contributed by atoms with Crippen molar-refractivity contribution in [3.8, 4) is 5.88 Å². The van der Waals surface area contributed by atoms with E-state index in [1.165, 1.54) is 12.0 Å². The lowest BCUT2D eigenvalue weighted by atomic mass is 10.0. The molecule has 1 aromatic heterocycles. The molecule has 1 aliphatic heterocycles. The number of benzene rings is 1. The summed E-state index contributed by atoms with van der Waals surface area (Å²) in [7, 11) is 1.21. The number of nitrogens with two attached hydrogens (primary N) is 1. The zero-order valence-corrected chi connectivity index (χ0v) is 16.0. The predicted octanol–water partition coefficient (Wildman–Crippen LogP) is 2.63. The molecular weight excluding hydrogens is 411 g/mol. The Hall–Kier alpha value is -2.82. The van der Waals surface area contributed by atoms with E-state index in [0.717, 1.165) is 18.2 Å². The normalized spacial score (nSPS) is 15.0. The average molecular weight is 430 g/mol. The largest absolute Gasteiger partial charge is 0.481 e. The third-order valence-corrected chi connectivity index (χ3v) is 4.75. The molecule has 6 nitrogen and oxygen atoms in total. The van der Waals surface area contributed by atoms with Crippen molar-refractivity contribution in [2.45, 2.75) is 38.0 Å². The zero-order chi connectivity index (χ0) is 22.1. The molecule has 0 saturated heterocycles. The van der Waals surface area contributed by atoms with E-state index in [2.05, 4.69) is 9.97 Å². The van der Waals surface area contributed by atoms with Crippen LogP contribution in [0.4, 0.5) is 22.0 Å². The molecule has 2 aromatic rings. The number of ether oxygens (including phenoxy) is 1. The van der Waals surface area contributed by atoms with Crippen LogP contribution in [0.5, 0.6) is 5.88 Å². The van der Waals surface area contributed by atoms with Gasteiger partial charge in [0.05, 0.1) is 19.3 Å². The minimum absolute atomic E-state index is 0.0478. The molecule has 0 unspecified atom stereocenters. The van der Waals surface area contributed by atoms with Crippen molar-refractivity contribution in [1.29, 1.82) is 0 Å². The van der Waals surface area contributed by atoms with Gasteiger partial charge in [-0.15, -0.1) is 0 Å². The highest BCUT2D eigenvalue weighted by molar-refractivity contribution is 5.77. The van der Waals surface area contributed by atoms with E-state index >= 15 is 0 Å². The summed E-state index contributed by atoms with van der Waals surface area (Å²) >= 11 is 0. The Morgan fingerprint density at radius 3 is 2.70 bits per heavy atom. The highest BCUT2D eigenvalue weighted by Gasteiger charge is 2.37. The molecule has 1 aromatic carbocycles. The number of hydrogen-bond donors (Lipinski definition) is 1. The van der Waals surface area contributed by atoms with Gasteiger partial charge in [0.2, 0.25) is 17.6 Å². The fourth-order valence-electron chi connectivity index (χ4n) is 3.31. The van der Waals surface area contributed by atoms with Crippen LogP contribution < -0.4 is 10.5 Å². The Morgan fingerprint density at radius 1 is 1.30 bits per heavy atom. The molecule has 0 radical (unpaired) electrons. The molecule has 11 heteroatoms. The van der Waals surface area contributed by atoms with Crippen LogP contribution in [0.25, 0.3) is 0 Å². The number of amides is 1. The molecule has 2 heterocycles. The monoisotopic (exact) mass is 430 g/mol. The van der Waals surface area contributed by atoms with Gasteiger partial charge in [-0.05, 0) is 36.6 Å². The number of rotatable bonds is 5. The van der Waals surface area contributed by atoms with Crippen LogP contribution in [0.2, 0.25) is 0 Å². The molecule has 3 rings (SSSR count). The molecule has 0 aliphatic carbocycles. The lowest BCUT2D eigenvalue weighted by Gasteiger charge is -2.30. The maximum atomic E-state index is 13.8. The van der Waals surface area contributed by atoms with Crippen LogP contribution in [0.3, 0.4) is 0 Å². The predicted molar refractivity (Wildman–Crippen MR) is 95.4 cm³/mol. The van der Waals surface area contributed by atoms with Gasteiger partial charge in [0.1, 0.15) is 11.6 Å². The molecule has 1 atom stereocenters. The lowest BCUT2D eigenvalue weighted by molar-refractivity contribution is -0.145. The third kappa shape index (κ3) is 4.84. The summed E-state index contributed by atoms with van der Waals surface area (Å²) in [6, 6.07) is 2.18. The van der Waals surface area contributed by atoms with Crippen LogP contribution in [0.15, 0.2) is 18.2 Å². The summed E-state index contributed by atoms with van der Waals surface area (Å²) in [5.41, 5.74) is 6.44. The van der Waals surface area contributed by atoms with Crippen LogP contribution >= 0.6 is 0 Å². The van der Waals surface area contributed by atoms with E-state index in [1.54, 1.807) is 0 Å². The number of fused-ring (bicyclic) bond motifs is 1. The standard InChI is InChI=1S/C19H19F5N4O2/c1-30-17-13-4-5-28(9-15(13)26-18(27-17)19(22,23)24)16(29)8-12(25)7-10-6-11(20)2-3-14(10)21/h2-3,6,12H,4-5,7-9,25H2,1H3/t12-/m1/s1. The minimum Gasteiger partial charge on any atom is -0.481 e. The fourth-order valence-corrected chi connectivity index (χ4v) is 3.31. The van der Waals surface area contributed by atoms with Gasteiger partial charge in [0.15, 0.2) is 0 Å². The van der Waals surface area contributed by atoms with Crippen molar-refractivity contribution in [1.82, 2.24) is 14.9 Å². The number of halogens is 5. The van der Waals surface area contributed by atoms with Gasteiger partial charge >= 0.3 is 6.18 Å². The number of hydrogen-bond acceptors (Lipinski definition) is 5. The first kappa shape index (κ1) is 21.9. The number of carbonyl (C=O) groups excluding carboxylic acids is 1. The Kier molecular flexibility index (Phi) is 6.20. The third-order valence-electron chi connectivity index (χ3n) is 4.75. The number of aromatic nitrogens is 2. The van der Waals surface area contributed by atoms with E-state index in [0.29, 0.717) is 5.56 Å². The topological polar surface area (TPSA) is 81.3 Å². The molecule has 1 amide bonds. The van der Waals surface area contributed by atoms with Crippen LogP contribution in [-0.4, -0.2) is 40.5 Å². The first-order valence-corrected chi connectivity index (χ1v) is 9.06. The second-order valence-corrected chi connectivity index (χ2v) is 6.95. The van der Waals surface area contributed by atoms with Gasteiger partial charge in [0.25, 0.3) is 0 Å². The van der Waals surface area contributed by atoms with Gasteiger partial charge < -0.3 is 15.4 Å². The summed E-state index contributed by atoms with van der Waals surface area (Å²) in [4.78, 5) is 20.9. The first-order chi connectivity index (χ1) is 14.1. The lowest BCUT2D eigenvalue weighted by Crippen LogP contribution is -2.40. The average Bonchev–Trinajstić information content (AvgIpc) is 2.68. The van der Waals surface area contributed by atoms with Crippen molar-refractivity contribution >= 4 is 5.91 Å². The van der Waals surface area contributed by atoms with E-state index < -0.39 is 35.6 Å². The number of methoxy groups -OCH3 is 1. The molecule has 0 fully saturated rings. The summed E-state index contributed by atoms with van der Waals surface area (Å²) in [6.07, 6.45) is -4.78. The maximum absolute atomic E-state index is 13.8. The van der Waals surface area contributed by atoms with E-state index in [1.807, 2.05) is 0 Å². The first-order valence-electron chi connectivity index (χ1n) is 9.06. The molecule has 30 heavy (non-hydrogen) atoms. The minimum atomic E-state index is -4.76. The Morgan fingerprint density at radius 2 is 2.03 bits per heavy atom. The van der Waals surface area contributed by atoms with Crippen LogP contribution in [0, 0.1) is 11.6 Å². The highest BCUT2D eigenvalue weighted by atomic mass is 19.4. The molecule has 1 aliphatic rings. The summed E-state index contributed by atoms with van der Waals surface area (Å²) < 4.78 is 71.1. The van der Waals surface area contributed by atoms with Gasteiger partial charge in [0, 0.05) is 24.6 Å². The molecule has 0 saturated carbocycles. The van der Waals surface area contributed by atoms with Crippen LogP contribution in [0.1, 0.15) is 29.1 Å². The summed E-state index contributed by atoms with van der Waals surface area (Å²) in [5.74, 6) is -3.18. The van der Waals surface area contributed by atoms with Crippen molar-refractivity contribution in [2.75, 3.05) is 13.7 Å². The Bertz CT molecular complexity index is 951. The number of carbonyl (C=O) groups is 1. The molecule has 2 N–H and O–H groups in total.